The molecule has 1 saturated heterocycles. The molecule has 3 rings (SSSR count). The number of thiazole rings is 1. The van der Waals surface area contributed by atoms with Crippen molar-refractivity contribution in [2.75, 3.05) is 18.4 Å². The van der Waals surface area contributed by atoms with Gasteiger partial charge in [-0.25, -0.2) is 4.98 Å². The van der Waals surface area contributed by atoms with Crippen LogP contribution in [-0.2, 0) is 11.3 Å². The summed E-state index contributed by atoms with van der Waals surface area (Å²) in [6, 6.07) is 1.81. The maximum Gasteiger partial charge on any atom is 0.258 e. The van der Waals surface area contributed by atoms with Gasteiger partial charge in [0, 0.05) is 30.4 Å². The minimum Gasteiger partial charge on any atom is -0.373 e. The van der Waals surface area contributed by atoms with Crippen LogP contribution in [0.15, 0.2) is 22.2 Å². The first-order valence-corrected chi connectivity index (χ1v) is 9.08. The Morgan fingerprint density at radius 1 is 1.41 bits per heavy atom. The number of morpholine rings is 1. The number of carbonyl (C=O) groups excluding carboxylic acids is 1. The van der Waals surface area contributed by atoms with Crippen molar-refractivity contribution in [2.24, 2.45) is 0 Å². The normalized spacial score (nSPS) is 22.6. The minimum absolute atomic E-state index is 0.101. The molecule has 22 heavy (non-hydrogen) atoms. The fourth-order valence-electron chi connectivity index (χ4n) is 2.64. The van der Waals surface area contributed by atoms with E-state index in [1.165, 1.54) is 22.7 Å². The van der Waals surface area contributed by atoms with Crippen molar-refractivity contribution >= 4 is 33.7 Å². The molecule has 1 fully saturated rings. The van der Waals surface area contributed by atoms with E-state index in [4.69, 9.17) is 4.74 Å². The Labute approximate surface area is 137 Å². The van der Waals surface area contributed by atoms with Crippen LogP contribution in [0.25, 0.3) is 0 Å². The summed E-state index contributed by atoms with van der Waals surface area (Å²) in [6.07, 6.45) is 0.500. The zero-order valence-corrected chi connectivity index (χ0v) is 14.2. The van der Waals surface area contributed by atoms with Gasteiger partial charge in [-0.2, -0.15) is 11.3 Å². The summed E-state index contributed by atoms with van der Waals surface area (Å²) in [4.78, 5) is 18.9. The van der Waals surface area contributed by atoms with Gasteiger partial charge in [-0.3, -0.25) is 15.0 Å². The second kappa shape index (κ2) is 6.87. The fourth-order valence-corrected chi connectivity index (χ4v) is 3.98. The van der Waals surface area contributed by atoms with E-state index in [0.29, 0.717) is 10.7 Å². The van der Waals surface area contributed by atoms with Crippen molar-refractivity contribution < 1.29 is 9.53 Å². The molecule has 118 valence electrons. The second-order valence-electron chi connectivity index (χ2n) is 5.56. The SMILES string of the molecule is CC1CN(Cc2csc(NC(=O)c3ccsc3)n2)CC(C)O1. The number of hydrogen-bond donors (Lipinski definition) is 1. The molecule has 1 aliphatic heterocycles. The number of amides is 1. The molecule has 1 N–H and O–H groups in total. The van der Waals surface area contributed by atoms with Gasteiger partial charge >= 0.3 is 0 Å². The van der Waals surface area contributed by atoms with E-state index in [9.17, 15) is 4.79 Å². The number of ether oxygens (including phenoxy) is 1. The number of nitrogens with one attached hydrogen (secondary N) is 1. The van der Waals surface area contributed by atoms with Crippen LogP contribution in [-0.4, -0.2) is 41.1 Å². The van der Waals surface area contributed by atoms with Crippen LogP contribution in [0.4, 0.5) is 5.13 Å². The summed E-state index contributed by atoms with van der Waals surface area (Å²) in [5.41, 5.74) is 1.67. The van der Waals surface area contributed by atoms with Crippen molar-refractivity contribution in [1.29, 1.82) is 0 Å². The average molecular weight is 337 g/mol. The summed E-state index contributed by atoms with van der Waals surface area (Å²) in [5.74, 6) is -0.101. The first-order chi connectivity index (χ1) is 10.6. The third-order valence-electron chi connectivity index (χ3n) is 3.44. The molecule has 0 aliphatic carbocycles. The van der Waals surface area contributed by atoms with Crippen molar-refractivity contribution in [1.82, 2.24) is 9.88 Å². The number of thiophene rings is 1. The molecule has 2 aromatic rings. The van der Waals surface area contributed by atoms with E-state index in [1.54, 1.807) is 0 Å². The topological polar surface area (TPSA) is 54.5 Å². The molecule has 2 atom stereocenters. The maximum atomic E-state index is 12.0. The van der Waals surface area contributed by atoms with Crippen LogP contribution in [0.5, 0.6) is 0 Å². The molecular formula is C15H19N3O2S2. The molecule has 0 bridgehead atoms. The van der Waals surface area contributed by atoms with Gasteiger partial charge in [0.05, 0.1) is 23.5 Å². The summed E-state index contributed by atoms with van der Waals surface area (Å²) >= 11 is 2.98. The lowest BCUT2D eigenvalue weighted by molar-refractivity contribution is -0.0707. The Bertz CT molecular complexity index is 617. The molecule has 0 radical (unpaired) electrons. The first-order valence-electron chi connectivity index (χ1n) is 7.26. The van der Waals surface area contributed by atoms with E-state index in [-0.39, 0.29) is 18.1 Å². The van der Waals surface area contributed by atoms with Crippen LogP contribution in [0, 0.1) is 0 Å². The molecule has 1 aliphatic rings. The number of nitrogens with zero attached hydrogens (tertiary/aromatic N) is 2. The molecule has 0 spiro atoms. The molecule has 0 saturated carbocycles. The zero-order valence-electron chi connectivity index (χ0n) is 12.6. The van der Waals surface area contributed by atoms with E-state index in [0.717, 1.165) is 25.3 Å². The Morgan fingerprint density at radius 2 is 2.18 bits per heavy atom. The van der Waals surface area contributed by atoms with E-state index >= 15 is 0 Å². The first kappa shape index (κ1) is 15.6. The van der Waals surface area contributed by atoms with E-state index in [1.807, 2.05) is 22.2 Å². The molecule has 1 amide bonds. The molecule has 2 aromatic heterocycles. The van der Waals surface area contributed by atoms with Crippen LogP contribution < -0.4 is 5.32 Å². The van der Waals surface area contributed by atoms with Crippen LogP contribution in [0.3, 0.4) is 0 Å². The van der Waals surface area contributed by atoms with Crippen LogP contribution >= 0.6 is 22.7 Å². The smallest absolute Gasteiger partial charge is 0.258 e. The Balaban J connectivity index is 1.58. The zero-order chi connectivity index (χ0) is 15.5. The lowest BCUT2D eigenvalue weighted by atomic mass is 10.2. The highest BCUT2D eigenvalue weighted by atomic mass is 32.1. The van der Waals surface area contributed by atoms with Gasteiger partial charge in [0.15, 0.2) is 5.13 Å². The van der Waals surface area contributed by atoms with Gasteiger partial charge in [-0.1, -0.05) is 0 Å². The van der Waals surface area contributed by atoms with Gasteiger partial charge in [0.25, 0.3) is 5.91 Å². The van der Waals surface area contributed by atoms with Gasteiger partial charge in [0.1, 0.15) is 0 Å². The van der Waals surface area contributed by atoms with Gasteiger partial charge in [-0.15, -0.1) is 11.3 Å². The quantitative estimate of drug-likeness (QED) is 0.931. The summed E-state index contributed by atoms with van der Waals surface area (Å²) in [7, 11) is 0. The largest absolute Gasteiger partial charge is 0.373 e. The van der Waals surface area contributed by atoms with Gasteiger partial charge in [-0.05, 0) is 25.3 Å². The number of rotatable bonds is 4. The van der Waals surface area contributed by atoms with E-state index < -0.39 is 0 Å². The molecular weight excluding hydrogens is 318 g/mol. The number of aromatic nitrogens is 1. The molecule has 7 heteroatoms. The van der Waals surface area contributed by atoms with Crippen molar-refractivity contribution in [2.45, 2.75) is 32.6 Å². The van der Waals surface area contributed by atoms with Crippen molar-refractivity contribution in [3.63, 3.8) is 0 Å². The molecule has 5 nitrogen and oxygen atoms in total. The van der Waals surface area contributed by atoms with Gasteiger partial charge in [0.2, 0.25) is 0 Å². The summed E-state index contributed by atoms with van der Waals surface area (Å²) in [5, 5.41) is 9.24. The van der Waals surface area contributed by atoms with Crippen LogP contribution in [0.2, 0.25) is 0 Å². The van der Waals surface area contributed by atoms with Crippen molar-refractivity contribution in [3.8, 4) is 0 Å². The number of hydrogen-bond acceptors (Lipinski definition) is 6. The standard InChI is InChI=1S/C15H19N3O2S2/c1-10-5-18(6-11(2)20-10)7-13-9-22-15(16-13)17-14(19)12-3-4-21-8-12/h3-4,8-11H,5-7H2,1-2H3,(H,16,17,19). The molecule has 3 heterocycles. The minimum atomic E-state index is -0.101. The Morgan fingerprint density at radius 3 is 2.86 bits per heavy atom. The highest BCUT2D eigenvalue weighted by Gasteiger charge is 2.22. The third kappa shape index (κ3) is 3.92. The highest BCUT2D eigenvalue weighted by Crippen LogP contribution is 2.20. The molecule has 0 aromatic carbocycles. The predicted molar refractivity (Wildman–Crippen MR) is 89.7 cm³/mol. The average Bonchev–Trinajstić information content (AvgIpc) is 3.09. The van der Waals surface area contributed by atoms with Crippen LogP contribution in [0.1, 0.15) is 29.9 Å². The molecule has 2 unspecified atom stereocenters. The fraction of sp³-hybridized carbons (Fsp3) is 0.467. The van der Waals surface area contributed by atoms with E-state index in [2.05, 4.69) is 29.0 Å². The van der Waals surface area contributed by atoms with Gasteiger partial charge < -0.3 is 4.74 Å². The number of carbonyl (C=O) groups is 1. The highest BCUT2D eigenvalue weighted by molar-refractivity contribution is 7.14. The lowest BCUT2D eigenvalue weighted by Crippen LogP contribution is -2.44. The third-order valence-corrected chi connectivity index (χ3v) is 4.93. The second-order valence-corrected chi connectivity index (χ2v) is 7.20. The Hall–Kier alpha value is -1.28. The predicted octanol–water partition coefficient (Wildman–Crippen LogP) is 3.07. The van der Waals surface area contributed by atoms with Crippen molar-refractivity contribution in [3.05, 3.63) is 33.5 Å². The monoisotopic (exact) mass is 337 g/mol. The summed E-state index contributed by atoms with van der Waals surface area (Å²) < 4.78 is 5.74. The number of anilines is 1. The lowest BCUT2D eigenvalue weighted by Gasteiger charge is -2.34. The summed E-state index contributed by atoms with van der Waals surface area (Å²) in [6.45, 7) is 6.81. The Kier molecular flexibility index (Phi) is 4.87. The maximum absolute atomic E-state index is 12.0.